The molecule has 0 heterocycles. The Kier molecular flexibility index (Phi) is 7.72. The molecule has 0 aliphatic heterocycles. The molecule has 0 aromatic carbocycles. The second-order valence-electron chi connectivity index (χ2n) is 4.55. The standard InChI is InChI=1S/C8H5F13O3S.Na/c1-2(25(22,23)24)3(9,10)4(11,12)5(13,14)6(15,16)7(17,18)8(19,20)21;/h2H,1H3,(H,22,23,24);/q;+1/p-1. The first-order valence-corrected chi connectivity index (χ1v) is 6.78. The van der Waals surface area contributed by atoms with Crippen LogP contribution in [0, 0.1) is 0 Å². The largest absolute Gasteiger partial charge is 1.00 e. The molecule has 0 saturated carbocycles. The monoisotopic (exact) mass is 450 g/mol. The third kappa shape index (κ3) is 3.91. The van der Waals surface area contributed by atoms with Crippen LogP contribution in [0.2, 0.25) is 0 Å². The summed E-state index contributed by atoms with van der Waals surface area (Å²) >= 11 is 0. The minimum atomic E-state index is -8.14. The van der Waals surface area contributed by atoms with Crippen LogP contribution >= 0.6 is 0 Å². The summed E-state index contributed by atoms with van der Waals surface area (Å²) in [6.45, 7) is -0.660. The van der Waals surface area contributed by atoms with Gasteiger partial charge < -0.3 is 4.55 Å². The van der Waals surface area contributed by atoms with E-state index in [1.807, 2.05) is 0 Å². The molecule has 3 nitrogen and oxygen atoms in total. The van der Waals surface area contributed by atoms with Crippen LogP contribution in [0.15, 0.2) is 0 Å². The van der Waals surface area contributed by atoms with E-state index in [9.17, 15) is 70.0 Å². The second-order valence-corrected chi connectivity index (χ2v) is 6.25. The Morgan fingerprint density at radius 3 is 1.15 bits per heavy atom. The van der Waals surface area contributed by atoms with Crippen LogP contribution in [0.1, 0.15) is 6.92 Å². The fourth-order valence-corrected chi connectivity index (χ4v) is 1.73. The quantitative estimate of drug-likeness (QED) is 0.340. The molecule has 0 aromatic rings. The van der Waals surface area contributed by atoms with Gasteiger partial charge in [0.1, 0.15) is 15.4 Å². The Morgan fingerprint density at radius 2 is 0.923 bits per heavy atom. The van der Waals surface area contributed by atoms with E-state index in [2.05, 4.69) is 0 Å². The molecule has 26 heavy (non-hydrogen) atoms. The van der Waals surface area contributed by atoms with Gasteiger partial charge in [0.05, 0.1) is 0 Å². The van der Waals surface area contributed by atoms with E-state index >= 15 is 0 Å². The number of hydrogen-bond donors (Lipinski definition) is 0. The zero-order valence-electron chi connectivity index (χ0n) is 12.1. The summed E-state index contributed by atoms with van der Waals surface area (Å²) in [7, 11) is -6.58. The summed E-state index contributed by atoms with van der Waals surface area (Å²) in [6.07, 6.45) is -7.57. The molecule has 0 saturated heterocycles. The van der Waals surface area contributed by atoms with Gasteiger partial charge in [-0.2, -0.15) is 57.1 Å². The van der Waals surface area contributed by atoms with Gasteiger partial charge in [0.15, 0.2) is 0 Å². The number of alkyl halides is 13. The van der Waals surface area contributed by atoms with Crippen molar-refractivity contribution in [1.82, 2.24) is 0 Å². The first-order valence-electron chi connectivity index (χ1n) is 5.31. The summed E-state index contributed by atoms with van der Waals surface area (Å²) < 4.78 is 195. The summed E-state index contributed by atoms with van der Waals surface area (Å²) in [4.78, 5) is 0. The Balaban J connectivity index is 0. The van der Waals surface area contributed by atoms with Crippen molar-refractivity contribution in [2.24, 2.45) is 0 Å². The van der Waals surface area contributed by atoms with Crippen molar-refractivity contribution in [3.05, 3.63) is 0 Å². The van der Waals surface area contributed by atoms with Gasteiger partial charge >= 0.3 is 65.3 Å². The average Bonchev–Trinajstić information content (AvgIpc) is 2.34. The molecule has 1 atom stereocenters. The molecule has 0 aliphatic rings. The van der Waals surface area contributed by atoms with Crippen LogP contribution < -0.4 is 29.6 Å². The fourth-order valence-electron chi connectivity index (χ4n) is 1.22. The Hall–Kier alpha value is -0.000000000000000444. The molecule has 0 rings (SSSR count). The molecule has 0 bridgehead atoms. The number of hydrogen-bond acceptors (Lipinski definition) is 3. The van der Waals surface area contributed by atoms with E-state index in [4.69, 9.17) is 0 Å². The smallest absolute Gasteiger partial charge is 0.748 e. The molecule has 0 fully saturated rings. The van der Waals surface area contributed by atoms with Crippen molar-refractivity contribution in [3.63, 3.8) is 0 Å². The van der Waals surface area contributed by atoms with Gasteiger partial charge in [-0.05, 0) is 6.92 Å². The van der Waals surface area contributed by atoms with Gasteiger partial charge in [0.2, 0.25) is 0 Å². The van der Waals surface area contributed by atoms with Crippen molar-refractivity contribution >= 4 is 10.1 Å². The van der Waals surface area contributed by atoms with Crippen molar-refractivity contribution < 1.29 is 99.6 Å². The second kappa shape index (κ2) is 7.11. The molecule has 152 valence electrons. The van der Waals surface area contributed by atoms with Gasteiger partial charge in [-0.15, -0.1) is 0 Å². The minimum absolute atomic E-state index is 0. The maximum absolute atomic E-state index is 13.1. The van der Waals surface area contributed by atoms with Crippen LogP contribution in [0.25, 0.3) is 0 Å². The molecular formula is C8H4F13NaO3S. The predicted molar refractivity (Wildman–Crippen MR) is 49.9 cm³/mol. The first-order chi connectivity index (χ1) is 10.4. The molecule has 0 radical (unpaired) electrons. The average molecular weight is 450 g/mol. The normalized spacial score (nSPS) is 16.9. The van der Waals surface area contributed by atoms with E-state index in [1.54, 1.807) is 0 Å². The summed E-state index contributed by atoms with van der Waals surface area (Å²) in [5, 5.41) is -4.38. The molecular weight excluding hydrogens is 446 g/mol. The van der Waals surface area contributed by atoms with Gasteiger partial charge in [0, 0.05) is 0 Å². The molecule has 18 heteroatoms. The molecule has 0 spiro atoms. The van der Waals surface area contributed by atoms with Crippen molar-refractivity contribution in [2.75, 3.05) is 0 Å². The molecule has 0 aromatic heterocycles. The Morgan fingerprint density at radius 1 is 0.654 bits per heavy atom. The van der Waals surface area contributed by atoms with Crippen LogP contribution in [-0.2, 0) is 10.1 Å². The Labute approximate surface area is 157 Å². The molecule has 0 amide bonds. The van der Waals surface area contributed by atoms with E-state index in [-0.39, 0.29) is 29.6 Å². The summed E-state index contributed by atoms with van der Waals surface area (Å²) in [5.41, 5.74) is 0. The zero-order valence-corrected chi connectivity index (χ0v) is 14.9. The minimum Gasteiger partial charge on any atom is -0.748 e. The van der Waals surface area contributed by atoms with E-state index in [1.165, 1.54) is 0 Å². The number of halogens is 13. The van der Waals surface area contributed by atoms with Crippen LogP contribution in [0.3, 0.4) is 0 Å². The van der Waals surface area contributed by atoms with E-state index < -0.39 is 58.1 Å². The summed E-state index contributed by atoms with van der Waals surface area (Å²) in [6, 6.07) is 0. The Bertz CT molecular complexity index is 611. The maximum atomic E-state index is 13.1. The van der Waals surface area contributed by atoms with Crippen LogP contribution in [0.4, 0.5) is 57.1 Å². The maximum Gasteiger partial charge on any atom is 1.00 e. The molecule has 0 aliphatic carbocycles. The van der Waals surface area contributed by atoms with Crippen molar-refractivity contribution in [3.8, 4) is 0 Å². The predicted octanol–water partition coefficient (Wildman–Crippen LogP) is 0.663. The van der Waals surface area contributed by atoms with Gasteiger partial charge in [-0.25, -0.2) is 8.42 Å². The molecule has 0 N–H and O–H groups in total. The van der Waals surface area contributed by atoms with Gasteiger partial charge in [-0.1, -0.05) is 0 Å². The van der Waals surface area contributed by atoms with Crippen LogP contribution in [0.5, 0.6) is 0 Å². The first kappa shape index (κ1) is 28.2. The SMILES string of the molecule is CC(C(F)(F)C(F)(F)C(F)(F)C(F)(F)C(F)(F)C(F)(F)F)S(=O)(=O)[O-].[Na+]. The zero-order chi connectivity index (χ0) is 21.1. The third-order valence-corrected chi connectivity index (χ3v) is 4.06. The molecule has 1 unspecified atom stereocenters. The van der Waals surface area contributed by atoms with Crippen molar-refractivity contribution in [1.29, 1.82) is 0 Å². The fraction of sp³-hybridized carbons (Fsp3) is 1.00. The summed E-state index contributed by atoms with van der Waals surface area (Å²) in [5.74, 6) is -38.9. The van der Waals surface area contributed by atoms with E-state index in [0.717, 1.165) is 0 Å². The third-order valence-electron chi connectivity index (χ3n) is 2.90. The van der Waals surface area contributed by atoms with Gasteiger partial charge in [-0.3, -0.25) is 0 Å². The topological polar surface area (TPSA) is 57.2 Å². The van der Waals surface area contributed by atoms with Gasteiger partial charge in [0.25, 0.3) is 0 Å². The van der Waals surface area contributed by atoms with Crippen molar-refractivity contribution in [2.45, 2.75) is 48.0 Å². The number of rotatable bonds is 6. The van der Waals surface area contributed by atoms with E-state index in [0.29, 0.717) is 0 Å². The van der Waals surface area contributed by atoms with Crippen LogP contribution in [-0.4, -0.2) is 54.0 Å².